The number of nitrogens with two attached hydrogens (primary N) is 1. The Morgan fingerprint density at radius 1 is 0.774 bits per heavy atom. The Morgan fingerprint density at radius 3 is 2.04 bits per heavy atom. The summed E-state index contributed by atoms with van der Waals surface area (Å²) >= 11 is 0. The van der Waals surface area contributed by atoms with Crippen molar-refractivity contribution in [2.75, 3.05) is 13.1 Å². The number of unbranched alkanes of at least 4 members (excludes halogenated alkanes) is 1. The van der Waals surface area contributed by atoms with Gasteiger partial charge in [-0.25, -0.2) is 13.1 Å². The molecule has 3 rings (SSSR count). The van der Waals surface area contributed by atoms with Gasteiger partial charge in [0.15, 0.2) is 0 Å². The highest BCUT2D eigenvalue weighted by atomic mass is 32.2. The van der Waals surface area contributed by atoms with Crippen LogP contribution in [0.3, 0.4) is 0 Å². The average molecular weight is 754 g/mol. The molecule has 0 heterocycles. The number of nitrogen functional groups attached to an aromatic ring is 1. The van der Waals surface area contributed by atoms with E-state index in [1.54, 1.807) is 54.6 Å². The normalized spacial score (nSPS) is 14.5. The summed E-state index contributed by atoms with van der Waals surface area (Å²) in [5.74, 6) is -1.07. The molecular formula is C39H59N7O6S. The maximum absolute atomic E-state index is 13.9. The molecule has 53 heavy (non-hydrogen) atoms. The minimum absolute atomic E-state index is 0.0654. The predicted molar refractivity (Wildman–Crippen MR) is 207 cm³/mol. The average Bonchev–Trinajstić information content (AvgIpc) is 3.12. The summed E-state index contributed by atoms with van der Waals surface area (Å²) < 4.78 is 29.3. The fourth-order valence-corrected chi connectivity index (χ4v) is 7.63. The Bertz CT molecular complexity index is 1580. The van der Waals surface area contributed by atoms with Crippen LogP contribution in [0, 0.1) is 17.2 Å². The first-order valence-corrected chi connectivity index (χ1v) is 20.5. The van der Waals surface area contributed by atoms with Crippen molar-refractivity contribution in [1.82, 2.24) is 26.0 Å². The molecule has 14 heteroatoms. The van der Waals surface area contributed by atoms with Crippen LogP contribution < -0.4 is 31.7 Å². The lowest BCUT2D eigenvalue weighted by atomic mass is 9.85. The molecule has 1 fully saturated rings. The molecule has 0 unspecified atom stereocenters. The first-order chi connectivity index (χ1) is 25.3. The molecule has 1 aliphatic rings. The van der Waals surface area contributed by atoms with E-state index in [2.05, 4.69) is 39.8 Å². The molecule has 0 radical (unpaired) electrons. The van der Waals surface area contributed by atoms with E-state index in [0.29, 0.717) is 49.4 Å². The van der Waals surface area contributed by atoms with E-state index < -0.39 is 33.9 Å². The minimum atomic E-state index is -3.89. The van der Waals surface area contributed by atoms with Crippen molar-refractivity contribution in [2.24, 2.45) is 17.6 Å². The van der Waals surface area contributed by atoms with E-state index >= 15 is 0 Å². The molecule has 8 N–H and O–H groups in total. The van der Waals surface area contributed by atoms with Gasteiger partial charge in [0.25, 0.3) is 0 Å². The number of benzene rings is 2. The Balaban J connectivity index is 1.64. The van der Waals surface area contributed by atoms with Crippen LogP contribution in [0.5, 0.6) is 0 Å². The SMILES string of the molecule is CC(C)CCNC(=O)CCC(=O)NCCCC[C@H](NC(=O)[C@@H](CC1CCCCC1)NS(=O)(=O)Cc1ccccc1)C(=O)NCc1ccc(C(=N)N)cc1. The van der Waals surface area contributed by atoms with Crippen LogP contribution in [-0.2, 0) is 41.5 Å². The molecule has 0 bridgehead atoms. The Hall–Kier alpha value is -4.30. The second kappa shape index (κ2) is 22.7. The molecule has 0 saturated heterocycles. The lowest BCUT2D eigenvalue weighted by Gasteiger charge is -2.28. The largest absolute Gasteiger partial charge is 0.384 e. The molecular weight excluding hydrogens is 695 g/mol. The van der Waals surface area contributed by atoms with Crippen molar-refractivity contribution in [2.45, 2.75) is 115 Å². The lowest BCUT2D eigenvalue weighted by molar-refractivity contribution is -0.130. The fourth-order valence-electron chi connectivity index (χ4n) is 6.28. The van der Waals surface area contributed by atoms with Gasteiger partial charge in [-0.3, -0.25) is 24.6 Å². The third kappa shape index (κ3) is 17.4. The van der Waals surface area contributed by atoms with Crippen molar-refractivity contribution in [3.8, 4) is 0 Å². The first kappa shape index (κ1) is 43.1. The number of amides is 4. The van der Waals surface area contributed by atoms with Gasteiger partial charge in [-0.2, -0.15) is 0 Å². The van der Waals surface area contributed by atoms with Crippen LogP contribution in [-0.4, -0.2) is 63.1 Å². The second-order valence-electron chi connectivity index (χ2n) is 14.4. The smallest absolute Gasteiger partial charge is 0.242 e. The first-order valence-electron chi connectivity index (χ1n) is 18.9. The zero-order chi connectivity index (χ0) is 38.6. The number of sulfonamides is 1. The molecule has 0 aromatic heterocycles. The van der Waals surface area contributed by atoms with E-state index in [1.165, 1.54) is 0 Å². The summed E-state index contributed by atoms with van der Waals surface area (Å²) in [4.78, 5) is 51.8. The fraction of sp³-hybridized carbons (Fsp3) is 0.564. The van der Waals surface area contributed by atoms with Crippen LogP contribution in [0.1, 0.15) is 108 Å². The number of nitrogens with one attached hydrogen (secondary N) is 6. The van der Waals surface area contributed by atoms with Gasteiger partial charge >= 0.3 is 0 Å². The zero-order valence-electron chi connectivity index (χ0n) is 31.3. The molecule has 2 atom stereocenters. The van der Waals surface area contributed by atoms with E-state index in [0.717, 1.165) is 44.1 Å². The zero-order valence-corrected chi connectivity index (χ0v) is 32.1. The van der Waals surface area contributed by atoms with Crippen molar-refractivity contribution >= 4 is 39.5 Å². The third-order valence-corrected chi connectivity index (χ3v) is 10.7. The van der Waals surface area contributed by atoms with Gasteiger partial charge in [0.05, 0.1) is 5.75 Å². The van der Waals surface area contributed by atoms with Gasteiger partial charge in [0.1, 0.15) is 17.9 Å². The molecule has 0 aliphatic heterocycles. The van der Waals surface area contributed by atoms with Crippen molar-refractivity contribution in [3.63, 3.8) is 0 Å². The van der Waals surface area contributed by atoms with Gasteiger partial charge < -0.3 is 27.0 Å². The van der Waals surface area contributed by atoms with Crippen LogP contribution in [0.4, 0.5) is 0 Å². The Morgan fingerprint density at radius 2 is 1.42 bits per heavy atom. The standard InChI is InChI=1S/C39H59N7O6S/c1-28(2)22-24-43-36(48)21-20-35(47)42-23-10-9-15-33(38(49)44-26-30-16-18-32(19-17-30)37(40)41)45-39(50)34(25-29-11-5-3-6-12-29)46-53(51,52)27-31-13-7-4-8-14-31/h4,7-8,13-14,16-19,28-29,33-34,46H,3,5-6,9-12,15,20-27H2,1-2H3,(H3,40,41)(H,42,47)(H,43,48)(H,44,49)(H,45,50)/t33-,34+/m0/s1. The van der Waals surface area contributed by atoms with E-state index in [-0.39, 0.29) is 55.1 Å². The summed E-state index contributed by atoms with van der Waals surface area (Å²) in [6, 6.07) is 13.6. The molecule has 4 amide bonds. The van der Waals surface area contributed by atoms with Gasteiger partial charge in [0.2, 0.25) is 33.7 Å². The van der Waals surface area contributed by atoms with Crippen LogP contribution in [0.15, 0.2) is 54.6 Å². The van der Waals surface area contributed by atoms with Crippen molar-refractivity contribution in [3.05, 3.63) is 71.3 Å². The third-order valence-electron chi connectivity index (χ3n) is 9.36. The molecule has 2 aromatic carbocycles. The highest BCUT2D eigenvalue weighted by molar-refractivity contribution is 7.88. The Labute approximate surface area is 315 Å². The maximum Gasteiger partial charge on any atom is 0.242 e. The van der Waals surface area contributed by atoms with Gasteiger partial charge in [-0.05, 0) is 55.1 Å². The lowest BCUT2D eigenvalue weighted by Crippen LogP contribution is -2.54. The Kier molecular flexibility index (Phi) is 18.5. The molecule has 0 spiro atoms. The van der Waals surface area contributed by atoms with E-state index in [4.69, 9.17) is 11.1 Å². The molecule has 13 nitrogen and oxygen atoms in total. The monoisotopic (exact) mass is 753 g/mol. The number of amidine groups is 1. The minimum Gasteiger partial charge on any atom is -0.384 e. The van der Waals surface area contributed by atoms with Gasteiger partial charge in [-0.1, -0.05) is 101 Å². The summed E-state index contributed by atoms with van der Waals surface area (Å²) in [5, 5.41) is 19.0. The number of hydrogen-bond donors (Lipinski definition) is 7. The highest BCUT2D eigenvalue weighted by Crippen LogP contribution is 2.28. The topological polar surface area (TPSA) is 212 Å². The number of rotatable bonds is 23. The summed E-state index contributed by atoms with van der Waals surface area (Å²) in [6.07, 6.45) is 7.61. The van der Waals surface area contributed by atoms with Crippen molar-refractivity contribution in [1.29, 1.82) is 5.41 Å². The second-order valence-corrected chi connectivity index (χ2v) is 16.2. The molecule has 292 valence electrons. The number of hydrogen-bond acceptors (Lipinski definition) is 7. The van der Waals surface area contributed by atoms with Gasteiger partial charge in [0, 0.05) is 38.0 Å². The van der Waals surface area contributed by atoms with E-state index in [1.807, 2.05) is 0 Å². The predicted octanol–water partition coefficient (Wildman–Crippen LogP) is 3.76. The van der Waals surface area contributed by atoms with Crippen LogP contribution in [0.2, 0.25) is 0 Å². The quantitative estimate of drug-likeness (QED) is 0.0507. The van der Waals surface area contributed by atoms with Crippen LogP contribution in [0.25, 0.3) is 0 Å². The molecule has 1 saturated carbocycles. The highest BCUT2D eigenvalue weighted by Gasteiger charge is 2.31. The number of carbonyl (C=O) groups excluding carboxylic acids is 4. The van der Waals surface area contributed by atoms with Crippen LogP contribution >= 0.6 is 0 Å². The summed E-state index contributed by atoms with van der Waals surface area (Å²) in [5.41, 5.74) is 7.49. The maximum atomic E-state index is 13.9. The summed E-state index contributed by atoms with van der Waals surface area (Å²) in [6.45, 7) is 5.23. The summed E-state index contributed by atoms with van der Waals surface area (Å²) in [7, 11) is -3.89. The number of carbonyl (C=O) groups is 4. The van der Waals surface area contributed by atoms with E-state index in [9.17, 15) is 27.6 Å². The van der Waals surface area contributed by atoms with Gasteiger partial charge in [-0.15, -0.1) is 0 Å². The molecule has 1 aliphatic carbocycles. The molecule has 2 aromatic rings. The van der Waals surface area contributed by atoms with Crippen molar-refractivity contribution < 1.29 is 27.6 Å².